The van der Waals surface area contributed by atoms with Gasteiger partial charge < -0.3 is 33.3 Å². The van der Waals surface area contributed by atoms with Crippen LogP contribution in [0, 0.1) is 0 Å². The second kappa shape index (κ2) is 56.5. The fourth-order valence-electron chi connectivity index (χ4n) is 9.89. The van der Waals surface area contributed by atoms with Crippen molar-refractivity contribution in [3.8, 4) is 0 Å². The molecule has 434 valence electrons. The number of quaternary nitrogens is 1. The molecule has 0 aliphatic rings. The molecule has 0 amide bonds. The first-order chi connectivity index (χ1) is 35.6. The normalized spacial score (nSPS) is 12.6. The zero-order valence-electron chi connectivity index (χ0n) is 49.6. The van der Waals surface area contributed by atoms with E-state index in [0.29, 0.717) is 17.4 Å². The molecule has 0 saturated heterocycles. The number of ether oxygens (including phenoxy) is 4. The Kier molecular flexibility index (Phi) is 55.2. The topological polar surface area (TPSA) is 111 Å². The summed E-state index contributed by atoms with van der Waals surface area (Å²) in [4.78, 5) is 37.2. The van der Waals surface area contributed by atoms with Gasteiger partial charge in [0.1, 0.15) is 13.2 Å². The van der Waals surface area contributed by atoms with E-state index in [9.17, 15) is 19.5 Å². The van der Waals surface area contributed by atoms with E-state index in [0.717, 1.165) is 38.5 Å². The fourth-order valence-corrected chi connectivity index (χ4v) is 9.89. The molecule has 0 spiro atoms. The van der Waals surface area contributed by atoms with E-state index in [-0.39, 0.29) is 32.2 Å². The van der Waals surface area contributed by atoms with Crippen LogP contribution in [0.25, 0.3) is 0 Å². The van der Waals surface area contributed by atoms with E-state index in [1.807, 2.05) is 21.1 Å². The second-order valence-electron chi connectivity index (χ2n) is 23.4. The highest BCUT2D eigenvalue weighted by molar-refractivity contribution is 5.70. The van der Waals surface area contributed by atoms with Crippen molar-refractivity contribution in [2.45, 2.75) is 347 Å². The monoisotopic (exact) mass is 1040 g/mol. The van der Waals surface area contributed by atoms with E-state index < -0.39 is 24.3 Å². The number of hydrogen-bond acceptors (Lipinski definition) is 8. The summed E-state index contributed by atoms with van der Waals surface area (Å²) in [5.41, 5.74) is 0. The van der Waals surface area contributed by atoms with Crippen LogP contribution in [-0.4, -0.2) is 82.3 Å². The standard InChI is InChI=1S/C64H125NO8/c1-6-8-10-12-14-16-18-19-20-21-22-23-24-25-26-27-28-29-30-31-32-33-34-35-36-37-38-39-40-41-42-43-45-47-49-51-53-55-62(67)73-60(59-72-64(63(68)69)70-57-56-65(3,4)5)58-71-61(66)54-52-50-48-46-44-17-15-13-11-9-7-2/h60,64H,6-59H2,1-5H3. The van der Waals surface area contributed by atoms with Crippen molar-refractivity contribution in [1.82, 2.24) is 0 Å². The van der Waals surface area contributed by atoms with Gasteiger partial charge in [-0.2, -0.15) is 0 Å². The Morgan fingerprint density at radius 1 is 0.356 bits per heavy atom. The lowest BCUT2D eigenvalue weighted by atomic mass is 10.0. The van der Waals surface area contributed by atoms with E-state index >= 15 is 0 Å². The quantitative estimate of drug-likeness (QED) is 0.0256. The molecule has 2 atom stereocenters. The van der Waals surface area contributed by atoms with Crippen LogP contribution in [0.1, 0.15) is 335 Å². The number of aliphatic carboxylic acids is 1. The van der Waals surface area contributed by atoms with E-state index in [1.54, 1.807) is 0 Å². The minimum atomic E-state index is -1.61. The number of nitrogens with zero attached hydrogens (tertiary/aromatic N) is 1. The number of likely N-dealkylation sites (N-methyl/N-ethyl adjacent to an activating group) is 1. The molecule has 0 fully saturated rings. The Bertz CT molecular complexity index is 1160. The molecule has 0 aromatic carbocycles. The van der Waals surface area contributed by atoms with Crippen LogP contribution in [0.4, 0.5) is 0 Å². The smallest absolute Gasteiger partial charge is 0.306 e. The molecule has 0 aliphatic carbocycles. The average Bonchev–Trinajstić information content (AvgIpc) is 3.36. The maximum atomic E-state index is 12.8. The molecular formula is C64H125NO8. The van der Waals surface area contributed by atoms with Crippen LogP contribution in [0.2, 0.25) is 0 Å². The van der Waals surface area contributed by atoms with Crippen molar-refractivity contribution in [2.75, 3.05) is 47.5 Å². The van der Waals surface area contributed by atoms with Crippen LogP contribution in [0.3, 0.4) is 0 Å². The first-order valence-electron chi connectivity index (χ1n) is 32.2. The maximum Gasteiger partial charge on any atom is 0.306 e. The van der Waals surface area contributed by atoms with Gasteiger partial charge in [0.05, 0.1) is 40.3 Å². The van der Waals surface area contributed by atoms with Crippen molar-refractivity contribution >= 4 is 17.9 Å². The molecule has 0 N–H and O–H groups in total. The van der Waals surface area contributed by atoms with Crippen molar-refractivity contribution in [3.63, 3.8) is 0 Å². The number of carboxylic acid groups (broad SMARTS) is 1. The highest BCUT2D eigenvalue weighted by Gasteiger charge is 2.22. The van der Waals surface area contributed by atoms with Gasteiger partial charge >= 0.3 is 11.9 Å². The lowest BCUT2D eigenvalue weighted by molar-refractivity contribution is -0.870. The Hall–Kier alpha value is -1.71. The summed E-state index contributed by atoms with van der Waals surface area (Å²) in [5.74, 6) is -2.26. The van der Waals surface area contributed by atoms with Crippen molar-refractivity contribution in [3.05, 3.63) is 0 Å². The van der Waals surface area contributed by atoms with E-state index in [2.05, 4.69) is 13.8 Å². The van der Waals surface area contributed by atoms with E-state index in [4.69, 9.17) is 18.9 Å². The summed E-state index contributed by atoms with van der Waals surface area (Å²) in [5, 5.41) is 11.7. The highest BCUT2D eigenvalue weighted by atomic mass is 16.7. The number of carbonyl (C=O) groups excluding carboxylic acids is 3. The molecule has 9 heteroatoms. The van der Waals surface area contributed by atoms with Gasteiger partial charge in [0.15, 0.2) is 12.4 Å². The molecule has 0 bridgehead atoms. The number of rotatable bonds is 61. The number of esters is 2. The number of carboxylic acids is 1. The Balaban J connectivity index is 3.87. The number of unbranched alkanes of at least 4 members (excludes halogenated alkanes) is 46. The van der Waals surface area contributed by atoms with Crippen LogP contribution in [0.5, 0.6) is 0 Å². The lowest BCUT2D eigenvalue weighted by Crippen LogP contribution is -2.44. The summed E-state index contributed by atoms with van der Waals surface area (Å²) in [6.45, 7) is 4.80. The molecule has 73 heavy (non-hydrogen) atoms. The molecule has 0 heterocycles. The Morgan fingerprint density at radius 3 is 0.877 bits per heavy atom. The zero-order valence-corrected chi connectivity index (χ0v) is 49.6. The van der Waals surface area contributed by atoms with Gasteiger partial charge in [0.2, 0.25) is 0 Å². The molecule has 0 aromatic rings. The molecular weight excluding hydrogens is 911 g/mol. The van der Waals surface area contributed by atoms with Crippen LogP contribution in [0.15, 0.2) is 0 Å². The van der Waals surface area contributed by atoms with Crippen LogP contribution in [-0.2, 0) is 33.3 Å². The zero-order chi connectivity index (χ0) is 53.4. The first kappa shape index (κ1) is 71.3. The van der Waals surface area contributed by atoms with Gasteiger partial charge in [0.25, 0.3) is 0 Å². The third-order valence-corrected chi connectivity index (χ3v) is 14.9. The van der Waals surface area contributed by atoms with Gasteiger partial charge in [-0.3, -0.25) is 9.59 Å². The Labute approximate surface area is 453 Å². The predicted octanol–water partition coefficient (Wildman–Crippen LogP) is 17.8. The molecule has 0 aromatic heterocycles. The summed E-state index contributed by atoms with van der Waals surface area (Å²) < 4.78 is 22.7. The van der Waals surface area contributed by atoms with Crippen LogP contribution < -0.4 is 5.11 Å². The molecule has 0 radical (unpaired) electrons. The SMILES string of the molecule is CCCCCCCCCCCCCCCCCCCCCCCCCCCCCCCCCCCCCCCC(=O)OC(COC(=O)CCCCCCCCCCCCC)COC(OCC[N+](C)(C)C)C(=O)[O-]. The summed E-state index contributed by atoms with van der Waals surface area (Å²) in [6.07, 6.45) is 62.1. The van der Waals surface area contributed by atoms with Crippen molar-refractivity contribution in [1.29, 1.82) is 0 Å². The van der Waals surface area contributed by atoms with Crippen molar-refractivity contribution in [2.24, 2.45) is 0 Å². The first-order valence-corrected chi connectivity index (χ1v) is 32.2. The van der Waals surface area contributed by atoms with Gasteiger partial charge in [0, 0.05) is 12.8 Å². The molecule has 0 rings (SSSR count). The second-order valence-corrected chi connectivity index (χ2v) is 23.4. The fraction of sp³-hybridized carbons (Fsp3) is 0.953. The minimum absolute atomic E-state index is 0.153. The predicted molar refractivity (Wildman–Crippen MR) is 307 cm³/mol. The molecule has 9 nitrogen and oxygen atoms in total. The molecule has 0 saturated carbocycles. The average molecular weight is 1040 g/mol. The molecule has 2 unspecified atom stereocenters. The van der Waals surface area contributed by atoms with Gasteiger partial charge in [-0.25, -0.2) is 0 Å². The number of hydrogen-bond donors (Lipinski definition) is 0. The van der Waals surface area contributed by atoms with Crippen LogP contribution >= 0.6 is 0 Å². The summed E-state index contributed by atoms with van der Waals surface area (Å²) >= 11 is 0. The lowest BCUT2D eigenvalue weighted by Gasteiger charge is -2.26. The highest BCUT2D eigenvalue weighted by Crippen LogP contribution is 2.19. The van der Waals surface area contributed by atoms with Gasteiger partial charge in [-0.05, 0) is 12.8 Å². The summed E-state index contributed by atoms with van der Waals surface area (Å²) in [6, 6.07) is 0. The number of carbonyl (C=O) groups is 3. The van der Waals surface area contributed by atoms with Gasteiger partial charge in [-0.15, -0.1) is 0 Å². The third kappa shape index (κ3) is 57.8. The minimum Gasteiger partial charge on any atom is -0.545 e. The molecule has 0 aliphatic heterocycles. The Morgan fingerprint density at radius 2 is 0.616 bits per heavy atom. The largest absolute Gasteiger partial charge is 0.545 e. The van der Waals surface area contributed by atoms with Crippen molar-refractivity contribution < 1.29 is 42.9 Å². The van der Waals surface area contributed by atoms with E-state index in [1.165, 1.54) is 270 Å². The third-order valence-electron chi connectivity index (χ3n) is 14.9. The maximum absolute atomic E-state index is 12.8. The van der Waals surface area contributed by atoms with Gasteiger partial charge in [-0.1, -0.05) is 309 Å². The summed E-state index contributed by atoms with van der Waals surface area (Å²) in [7, 11) is 5.93.